The molecule has 0 unspecified atom stereocenters. The predicted octanol–water partition coefficient (Wildman–Crippen LogP) is 0.343. The van der Waals surface area contributed by atoms with Gasteiger partial charge in [-0.2, -0.15) is 4.98 Å². The number of anilines is 2. The molecular weight excluding hydrogens is 208 g/mol. The largest absolute Gasteiger partial charge is 0.366 e. The van der Waals surface area contributed by atoms with Crippen LogP contribution in [-0.2, 0) is 0 Å². The third kappa shape index (κ3) is 2.14. The zero-order chi connectivity index (χ0) is 11.5. The molecule has 16 heavy (non-hydrogen) atoms. The first-order valence-electron chi connectivity index (χ1n) is 4.57. The van der Waals surface area contributed by atoms with E-state index in [0.717, 1.165) is 5.69 Å². The minimum absolute atomic E-state index is 0.0380. The molecule has 2 rings (SSSR count). The number of hydrogen-bond acceptors (Lipinski definition) is 5. The Bertz CT molecular complexity index is 520. The number of H-pyrrole nitrogens is 1. The van der Waals surface area contributed by atoms with E-state index in [0.29, 0.717) is 5.69 Å². The van der Waals surface area contributed by atoms with Gasteiger partial charge in [-0.05, 0) is 19.1 Å². The van der Waals surface area contributed by atoms with Gasteiger partial charge < -0.3 is 11.1 Å². The Labute approximate surface area is 91.1 Å². The lowest BCUT2D eigenvalue weighted by atomic mass is 10.3. The van der Waals surface area contributed by atoms with Crippen LogP contribution in [0.4, 0.5) is 11.6 Å². The Kier molecular flexibility index (Phi) is 2.50. The van der Waals surface area contributed by atoms with Crippen LogP contribution in [0.3, 0.4) is 0 Å². The van der Waals surface area contributed by atoms with Crippen molar-refractivity contribution >= 4 is 17.5 Å². The lowest BCUT2D eigenvalue weighted by molar-refractivity contribution is 0.101. The number of nitrogen functional groups attached to an aromatic ring is 1. The quantitative estimate of drug-likeness (QED) is 0.673. The molecule has 1 amide bonds. The second-order valence-electron chi connectivity index (χ2n) is 3.18. The van der Waals surface area contributed by atoms with Crippen LogP contribution in [0.25, 0.3) is 0 Å². The fourth-order valence-corrected chi connectivity index (χ4v) is 1.19. The molecule has 82 valence electrons. The number of aryl methyl sites for hydroxylation is 1. The molecule has 0 bridgehead atoms. The van der Waals surface area contributed by atoms with Crippen molar-refractivity contribution in [3.05, 3.63) is 29.8 Å². The smallest absolute Gasteiger partial charge is 0.293 e. The van der Waals surface area contributed by atoms with Crippen LogP contribution in [0.15, 0.2) is 18.3 Å². The van der Waals surface area contributed by atoms with E-state index in [1.807, 2.05) is 6.92 Å². The van der Waals surface area contributed by atoms with Crippen molar-refractivity contribution in [3.8, 4) is 0 Å². The summed E-state index contributed by atoms with van der Waals surface area (Å²) in [5.41, 5.74) is 6.75. The summed E-state index contributed by atoms with van der Waals surface area (Å²) in [6.45, 7) is 1.84. The molecule has 0 aliphatic rings. The number of nitrogens with zero attached hydrogens (tertiary/aromatic N) is 3. The molecule has 2 aromatic rings. The first-order valence-corrected chi connectivity index (χ1v) is 4.57. The lowest BCUT2D eigenvalue weighted by Crippen LogP contribution is -2.14. The molecule has 0 spiro atoms. The molecule has 0 aliphatic heterocycles. The third-order valence-corrected chi connectivity index (χ3v) is 1.87. The summed E-state index contributed by atoms with van der Waals surface area (Å²) in [4.78, 5) is 19.3. The number of nitrogens with one attached hydrogen (secondary N) is 2. The minimum Gasteiger partial charge on any atom is -0.366 e. The molecule has 2 aromatic heterocycles. The first kappa shape index (κ1) is 10.1. The van der Waals surface area contributed by atoms with Gasteiger partial charge in [0.25, 0.3) is 5.91 Å². The maximum Gasteiger partial charge on any atom is 0.293 e. The van der Waals surface area contributed by atoms with Gasteiger partial charge in [-0.15, -0.1) is 5.10 Å². The van der Waals surface area contributed by atoms with E-state index < -0.39 is 5.91 Å². The predicted molar refractivity (Wildman–Crippen MR) is 57.7 cm³/mol. The average molecular weight is 218 g/mol. The molecule has 0 fully saturated rings. The highest BCUT2D eigenvalue weighted by Gasteiger charge is 2.10. The van der Waals surface area contributed by atoms with Gasteiger partial charge in [0.2, 0.25) is 11.8 Å². The van der Waals surface area contributed by atoms with E-state index in [1.165, 1.54) is 0 Å². The highest BCUT2D eigenvalue weighted by atomic mass is 16.2. The number of rotatable bonds is 2. The van der Waals surface area contributed by atoms with Crippen molar-refractivity contribution in [2.75, 3.05) is 11.1 Å². The Balaban J connectivity index is 2.13. The molecule has 4 N–H and O–H groups in total. The second kappa shape index (κ2) is 3.97. The fraction of sp³-hybridized carbons (Fsp3) is 0.111. The van der Waals surface area contributed by atoms with Gasteiger partial charge in [0.15, 0.2) is 0 Å². The van der Waals surface area contributed by atoms with E-state index in [9.17, 15) is 4.79 Å². The van der Waals surface area contributed by atoms with Crippen molar-refractivity contribution in [1.29, 1.82) is 0 Å². The van der Waals surface area contributed by atoms with Gasteiger partial charge in [0.05, 0.1) is 0 Å². The lowest BCUT2D eigenvalue weighted by Gasteiger charge is -2.02. The van der Waals surface area contributed by atoms with E-state index in [4.69, 9.17) is 5.73 Å². The number of carbonyl (C=O) groups is 1. The van der Waals surface area contributed by atoms with Crippen LogP contribution in [0.1, 0.15) is 16.3 Å². The van der Waals surface area contributed by atoms with E-state index in [2.05, 4.69) is 25.5 Å². The molecule has 2 heterocycles. The molecule has 7 heteroatoms. The Morgan fingerprint density at radius 3 is 3.00 bits per heavy atom. The number of aromatic nitrogens is 4. The molecule has 0 atom stereocenters. The van der Waals surface area contributed by atoms with Crippen LogP contribution in [0.5, 0.6) is 0 Å². The summed E-state index contributed by atoms with van der Waals surface area (Å²) in [5, 5.41) is 8.64. The van der Waals surface area contributed by atoms with E-state index in [-0.39, 0.29) is 11.8 Å². The maximum absolute atomic E-state index is 11.6. The van der Waals surface area contributed by atoms with E-state index in [1.54, 1.807) is 18.3 Å². The monoisotopic (exact) mass is 218 g/mol. The van der Waals surface area contributed by atoms with Crippen LogP contribution < -0.4 is 11.1 Å². The van der Waals surface area contributed by atoms with Crippen LogP contribution >= 0.6 is 0 Å². The van der Waals surface area contributed by atoms with Gasteiger partial charge in [0.1, 0.15) is 0 Å². The average Bonchev–Trinajstić information content (AvgIpc) is 2.65. The van der Waals surface area contributed by atoms with Crippen molar-refractivity contribution in [2.24, 2.45) is 0 Å². The van der Waals surface area contributed by atoms with Crippen LogP contribution in [0, 0.1) is 6.92 Å². The summed E-state index contributed by atoms with van der Waals surface area (Å²) in [6, 6.07) is 3.43. The van der Waals surface area contributed by atoms with Gasteiger partial charge in [-0.25, -0.2) is 0 Å². The molecule has 0 aromatic carbocycles. The van der Waals surface area contributed by atoms with Crippen molar-refractivity contribution in [3.63, 3.8) is 0 Å². The third-order valence-electron chi connectivity index (χ3n) is 1.87. The summed E-state index contributed by atoms with van der Waals surface area (Å²) >= 11 is 0. The Morgan fingerprint density at radius 2 is 2.38 bits per heavy atom. The number of amides is 1. The molecule has 0 radical (unpaired) electrons. The van der Waals surface area contributed by atoms with Crippen molar-refractivity contribution in [2.45, 2.75) is 6.92 Å². The Morgan fingerprint density at radius 1 is 1.56 bits per heavy atom. The van der Waals surface area contributed by atoms with Gasteiger partial charge in [-0.3, -0.25) is 14.9 Å². The summed E-state index contributed by atoms with van der Waals surface area (Å²) in [6.07, 6.45) is 1.61. The summed E-state index contributed by atoms with van der Waals surface area (Å²) in [5.74, 6) is -0.280. The van der Waals surface area contributed by atoms with Crippen molar-refractivity contribution < 1.29 is 4.79 Å². The molecule has 0 saturated carbocycles. The molecular formula is C9H10N6O. The number of aromatic amines is 1. The molecule has 7 nitrogen and oxygen atoms in total. The number of pyridine rings is 1. The standard InChI is InChI=1S/C9H10N6O/c1-5-4-6(2-3-11-5)12-8(16)7-13-9(10)15-14-7/h2-4H,1H3,(H,11,12,16)(H3,10,13,14,15). The van der Waals surface area contributed by atoms with Crippen molar-refractivity contribution in [1.82, 2.24) is 20.2 Å². The fourth-order valence-electron chi connectivity index (χ4n) is 1.19. The van der Waals surface area contributed by atoms with E-state index >= 15 is 0 Å². The zero-order valence-corrected chi connectivity index (χ0v) is 8.56. The molecule has 0 aliphatic carbocycles. The number of nitrogens with two attached hydrogens (primary N) is 1. The van der Waals surface area contributed by atoms with Gasteiger partial charge in [0, 0.05) is 17.6 Å². The molecule has 0 saturated heterocycles. The van der Waals surface area contributed by atoms with Gasteiger partial charge in [-0.1, -0.05) is 0 Å². The minimum atomic E-state index is -0.394. The van der Waals surface area contributed by atoms with Gasteiger partial charge >= 0.3 is 0 Å². The first-order chi connectivity index (χ1) is 7.65. The summed E-state index contributed by atoms with van der Waals surface area (Å²) in [7, 11) is 0. The maximum atomic E-state index is 11.6. The zero-order valence-electron chi connectivity index (χ0n) is 8.56. The highest BCUT2D eigenvalue weighted by Crippen LogP contribution is 2.08. The van der Waals surface area contributed by atoms with Crippen LogP contribution in [0.2, 0.25) is 0 Å². The summed E-state index contributed by atoms with van der Waals surface area (Å²) < 4.78 is 0. The second-order valence-corrected chi connectivity index (χ2v) is 3.18. The SMILES string of the molecule is Cc1cc(NC(=O)c2nc(N)n[nH]2)ccn1. The van der Waals surface area contributed by atoms with Crippen LogP contribution in [-0.4, -0.2) is 26.1 Å². The Hall–Kier alpha value is -2.44. The number of hydrogen-bond donors (Lipinski definition) is 3. The highest BCUT2D eigenvalue weighted by molar-refractivity contribution is 6.01. The number of carbonyl (C=O) groups excluding carboxylic acids is 1. The topological polar surface area (TPSA) is 110 Å². The normalized spacial score (nSPS) is 10.1.